The van der Waals surface area contributed by atoms with Crippen LogP contribution in [0.3, 0.4) is 0 Å². The molecular formula is C25H30N2O3. The molecule has 1 amide bonds. The summed E-state index contributed by atoms with van der Waals surface area (Å²) in [5.41, 5.74) is 3.82. The molecule has 0 radical (unpaired) electrons. The van der Waals surface area contributed by atoms with Crippen molar-refractivity contribution in [3.8, 4) is 11.1 Å². The van der Waals surface area contributed by atoms with Crippen molar-refractivity contribution in [3.05, 3.63) is 60.4 Å². The van der Waals surface area contributed by atoms with E-state index >= 15 is 0 Å². The lowest BCUT2D eigenvalue weighted by Gasteiger charge is -2.36. The maximum Gasteiger partial charge on any atom is 0.226 e. The van der Waals surface area contributed by atoms with Crippen LogP contribution in [-0.4, -0.2) is 51.2 Å². The van der Waals surface area contributed by atoms with Gasteiger partial charge in [-0.05, 0) is 50.6 Å². The van der Waals surface area contributed by atoms with Crippen LogP contribution in [-0.2, 0) is 16.0 Å². The fourth-order valence-electron chi connectivity index (χ4n) is 4.31. The second-order valence-electron chi connectivity index (χ2n) is 8.43. The molecule has 0 bridgehead atoms. The molecule has 0 unspecified atom stereocenters. The lowest BCUT2D eigenvalue weighted by molar-refractivity contribution is -0.136. The van der Waals surface area contributed by atoms with Gasteiger partial charge in [-0.25, -0.2) is 0 Å². The van der Waals surface area contributed by atoms with Gasteiger partial charge in [0, 0.05) is 37.3 Å². The molecule has 1 aromatic heterocycles. The number of para-hydroxylation sites is 1. The third-order valence-corrected chi connectivity index (χ3v) is 6.09. The summed E-state index contributed by atoms with van der Waals surface area (Å²) >= 11 is 0. The highest BCUT2D eigenvalue weighted by Gasteiger charge is 2.40. The van der Waals surface area contributed by atoms with Gasteiger partial charge in [0.05, 0.1) is 11.7 Å². The number of hydrogen-bond acceptors (Lipinski definition) is 4. The molecule has 1 aliphatic heterocycles. The van der Waals surface area contributed by atoms with Gasteiger partial charge < -0.3 is 19.4 Å². The van der Waals surface area contributed by atoms with Crippen LogP contribution >= 0.6 is 0 Å². The number of hydrogen-bond donors (Lipinski definition) is 1. The van der Waals surface area contributed by atoms with Gasteiger partial charge in [-0.15, -0.1) is 0 Å². The van der Waals surface area contributed by atoms with Gasteiger partial charge in [-0.2, -0.15) is 0 Å². The molecule has 1 N–H and O–H groups in total. The van der Waals surface area contributed by atoms with Crippen molar-refractivity contribution in [3.63, 3.8) is 0 Å². The number of carbonyl (C=O) groups excluding carboxylic acids is 1. The summed E-state index contributed by atoms with van der Waals surface area (Å²) in [6.07, 6.45) is 4.00. The average Bonchev–Trinajstić information content (AvgIpc) is 3.18. The number of rotatable bonds is 7. The summed E-state index contributed by atoms with van der Waals surface area (Å²) < 4.78 is 11.4. The van der Waals surface area contributed by atoms with E-state index in [9.17, 15) is 4.79 Å². The first-order chi connectivity index (χ1) is 14.6. The predicted octanol–water partition coefficient (Wildman–Crippen LogP) is 4.12. The molecule has 1 fully saturated rings. The Labute approximate surface area is 178 Å². The third kappa shape index (κ3) is 4.27. The molecule has 4 rings (SSSR count). The van der Waals surface area contributed by atoms with Crippen LogP contribution < -0.4 is 5.32 Å². The van der Waals surface area contributed by atoms with Gasteiger partial charge in [-0.3, -0.25) is 4.79 Å². The van der Waals surface area contributed by atoms with E-state index in [0.29, 0.717) is 26.2 Å². The van der Waals surface area contributed by atoms with Crippen molar-refractivity contribution in [2.45, 2.75) is 19.3 Å². The van der Waals surface area contributed by atoms with E-state index < -0.39 is 5.41 Å². The summed E-state index contributed by atoms with van der Waals surface area (Å²) in [7, 11) is 4.03. The van der Waals surface area contributed by atoms with E-state index in [-0.39, 0.29) is 5.91 Å². The first kappa shape index (κ1) is 20.6. The van der Waals surface area contributed by atoms with Gasteiger partial charge in [0.15, 0.2) is 0 Å². The average molecular weight is 407 g/mol. The number of furan rings is 1. The van der Waals surface area contributed by atoms with Gasteiger partial charge >= 0.3 is 0 Å². The Morgan fingerprint density at radius 2 is 1.77 bits per heavy atom. The topological polar surface area (TPSA) is 54.7 Å². The Bertz CT molecular complexity index is 1000. The first-order valence-corrected chi connectivity index (χ1v) is 10.6. The molecule has 1 aliphatic rings. The Morgan fingerprint density at radius 1 is 1.03 bits per heavy atom. The minimum Gasteiger partial charge on any atom is -0.464 e. The summed E-state index contributed by atoms with van der Waals surface area (Å²) in [4.78, 5) is 15.4. The first-order valence-electron chi connectivity index (χ1n) is 10.6. The zero-order chi connectivity index (χ0) is 21.0. The standard InChI is InChI=1S/C25H30N2O3/c1-27(2)14-13-26-24(28)25(11-15-29-16-12-25)17-19-7-3-4-8-20(19)22-18-30-23-10-6-5-9-21(22)23/h3-10,18H,11-17H2,1-2H3,(H,26,28). The van der Waals surface area contributed by atoms with Crippen LogP contribution in [0.2, 0.25) is 0 Å². The van der Waals surface area contributed by atoms with E-state index in [1.165, 1.54) is 5.56 Å². The molecule has 0 aliphatic carbocycles. The fourth-order valence-corrected chi connectivity index (χ4v) is 4.31. The Hall–Kier alpha value is -2.63. The minimum atomic E-state index is -0.444. The highest BCUT2D eigenvalue weighted by Crippen LogP contribution is 2.39. The van der Waals surface area contributed by atoms with Crippen LogP contribution in [0.15, 0.2) is 59.2 Å². The number of nitrogens with zero attached hydrogens (tertiary/aromatic N) is 1. The fraction of sp³-hybridized carbons (Fsp3) is 0.400. The van der Waals surface area contributed by atoms with Gasteiger partial charge in [0.2, 0.25) is 5.91 Å². The second kappa shape index (κ2) is 9.02. The SMILES string of the molecule is CN(C)CCNC(=O)C1(Cc2ccccc2-c2coc3ccccc23)CCOCC1. The molecular weight excluding hydrogens is 376 g/mol. The van der Waals surface area contributed by atoms with Gasteiger partial charge in [-0.1, -0.05) is 42.5 Å². The molecule has 2 aromatic carbocycles. The van der Waals surface area contributed by atoms with E-state index in [2.05, 4.69) is 40.5 Å². The molecule has 0 atom stereocenters. The maximum atomic E-state index is 13.3. The Kier molecular flexibility index (Phi) is 6.21. The summed E-state index contributed by atoms with van der Waals surface area (Å²) in [5.74, 6) is 0.138. The summed E-state index contributed by atoms with van der Waals surface area (Å²) in [5, 5.41) is 4.27. The van der Waals surface area contributed by atoms with Crippen LogP contribution in [0.4, 0.5) is 0 Å². The number of ether oxygens (including phenoxy) is 1. The normalized spacial score (nSPS) is 16.1. The monoisotopic (exact) mass is 406 g/mol. The highest BCUT2D eigenvalue weighted by atomic mass is 16.5. The van der Waals surface area contributed by atoms with Crippen LogP contribution in [0, 0.1) is 5.41 Å². The van der Waals surface area contributed by atoms with E-state index in [1.807, 2.05) is 38.6 Å². The second-order valence-corrected chi connectivity index (χ2v) is 8.43. The number of benzene rings is 2. The molecule has 2 heterocycles. The molecule has 0 spiro atoms. The number of nitrogens with one attached hydrogen (secondary N) is 1. The van der Waals surface area contributed by atoms with E-state index in [1.54, 1.807) is 0 Å². The summed E-state index contributed by atoms with van der Waals surface area (Å²) in [6.45, 7) is 2.73. The van der Waals surface area contributed by atoms with E-state index in [0.717, 1.165) is 41.5 Å². The van der Waals surface area contributed by atoms with Crippen LogP contribution in [0.1, 0.15) is 18.4 Å². The highest BCUT2D eigenvalue weighted by molar-refractivity contribution is 5.95. The van der Waals surface area contributed by atoms with E-state index in [4.69, 9.17) is 9.15 Å². The Balaban J connectivity index is 1.65. The van der Waals surface area contributed by atoms with Crippen molar-refractivity contribution >= 4 is 16.9 Å². The third-order valence-electron chi connectivity index (χ3n) is 6.09. The maximum absolute atomic E-state index is 13.3. The molecule has 5 heteroatoms. The summed E-state index contributed by atoms with van der Waals surface area (Å²) in [6, 6.07) is 16.5. The smallest absolute Gasteiger partial charge is 0.226 e. The molecule has 3 aromatic rings. The van der Waals surface area contributed by atoms with Crippen molar-refractivity contribution in [2.24, 2.45) is 5.41 Å². The molecule has 158 valence electrons. The minimum absolute atomic E-state index is 0.138. The number of amides is 1. The number of carbonyl (C=O) groups is 1. The van der Waals surface area contributed by atoms with Gasteiger partial charge in [0.1, 0.15) is 5.58 Å². The predicted molar refractivity (Wildman–Crippen MR) is 119 cm³/mol. The van der Waals surface area contributed by atoms with Crippen LogP contribution in [0.25, 0.3) is 22.1 Å². The van der Waals surface area contributed by atoms with Crippen molar-refractivity contribution in [1.82, 2.24) is 10.2 Å². The lowest BCUT2D eigenvalue weighted by atomic mass is 9.73. The van der Waals surface area contributed by atoms with Crippen molar-refractivity contribution < 1.29 is 13.9 Å². The van der Waals surface area contributed by atoms with Gasteiger partial charge in [0.25, 0.3) is 0 Å². The number of fused-ring (bicyclic) bond motifs is 1. The Morgan fingerprint density at radius 3 is 2.57 bits per heavy atom. The molecule has 0 saturated carbocycles. The lowest BCUT2D eigenvalue weighted by Crippen LogP contribution is -2.47. The largest absolute Gasteiger partial charge is 0.464 e. The molecule has 5 nitrogen and oxygen atoms in total. The van der Waals surface area contributed by atoms with Crippen molar-refractivity contribution in [2.75, 3.05) is 40.4 Å². The quantitative estimate of drug-likeness (QED) is 0.641. The number of likely N-dealkylation sites (N-methyl/N-ethyl adjacent to an activating group) is 1. The zero-order valence-electron chi connectivity index (χ0n) is 17.8. The zero-order valence-corrected chi connectivity index (χ0v) is 17.8. The molecule has 30 heavy (non-hydrogen) atoms. The van der Waals surface area contributed by atoms with Crippen LogP contribution in [0.5, 0.6) is 0 Å². The van der Waals surface area contributed by atoms with Crippen molar-refractivity contribution in [1.29, 1.82) is 0 Å². The molecule has 1 saturated heterocycles.